The van der Waals surface area contributed by atoms with Crippen LogP contribution in [0.15, 0.2) is 75.5 Å². The van der Waals surface area contributed by atoms with Crippen molar-refractivity contribution in [3.8, 4) is 10.7 Å². The predicted molar refractivity (Wildman–Crippen MR) is 129 cm³/mol. The van der Waals surface area contributed by atoms with Gasteiger partial charge < -0.3 is 9.84 Å². The summed E-state index contributed by atoms with van der Waals surface area (Å²) >= 11 is 1.53. The highest BCUT2D eigenvalue weighted by atomic mass is 32.2. The SMILES string of the molecule is O=C(Nc1ccccc1Cc1nc(-c2cccs2)no1)c1ccc(S(=O)(=O)N2CCCC2)cc1. The van der Waals surface area contributed by atoms with E-state index in [2.05, 4.69) is 15.5 Å². The van der Waals surface area contributed by atoms with E-state index < -0.39 is 10.0 Å². The molecule has 5 rings (SSSR count). The number of amides is 1. The fraction of sp³-hybridized carbons (Fsp3) is 0.208. The second-order valence-electron chi connectivity index (χ2n) is 7.91. The zero-order valence-electron chi connectivity index (χ0n) is 18.2. The summed E-state index contributed by atoms with van der Waals surface area (Å²) in [7, 11) is -3.52. The lowest BCUT2D eigenvalue weighted by Gasteiger charge is -2.15. The molecule has 2 aromatic carbocycles. The average molecular weight is 495 g/mol. The average Bonchev–Trinajstić information content (AvgIpc) is 3.63. The third kappa shape index (κ3) is 4.65. The molecule has 1 N–H and O–H groups in total. The Balaban J connectivity index is 1.30. The number of thiophene rings is 1. The molecule has 0 aliphatic carbocycles. The standard InChI is InChI=1S/C24H22N4O4S2/c29-24(17-9-11-19(12-10-17)34(30,31)28-13-3-4-14-28)25-20-7-2-1-6-18(20)16-22-26-23(27-32-22)21-8-5-15-33-21/h1-2,5-12,15H,3-4,13-14,16H2,(H,25,29). The van der Waals surface area contributed by atoms with E-state index in [9.17, 15) is 13.2 Å². The Kier molecular flexibility index (Phi) is 6.27. The van der Waals surface area contributed by atoms with Crippen molar-refractivity contribution in [3.63, 3.8) is 0 Å². The Labute approximate surface area is 201 Å². The third-order valence-electron chi connectivity index (χ3n) is 5.64. The Morgan fingerprint density at radius 2 is 1.79 bits per heavy atom. The Morgan fingerprint density at radius 3 is 2.53 bits per heavy atom. The van der Waals surface area contributed by atoms with Crippen molar-refractivity contribution < 1.29 is 17.7 Å². The van der Waals surface area contributed by atoms with E-state index in [0.717, 1.165) is 23.3 Å². The van der Waals surface area contributed by atoms with Crippen molar-refractivity contribution in [2.24, 2.45) is 0 Å². The number of benzene rings is 2. The summed E-state index contributed by atoms with van der Waals surface area (Å²) in [5, 5.41) is 8.89. The summed E-state index contributed by atoms with van der Waals surface area (Å²) in [6.45, 7) is 1.08. The van der Waals surface area contributed by atoms with E-state index in [-0.39, 0.29) is 10.8 Å². The number of carbonyl (C=O) groups excluding carboxylic acids is 1. The molecule has 0 spiro atoms. The lowest BCUT2D eigenvalue weighted by Crippen LogP contribution is -2.27. The third-order valence-corrected chi connectivity index (χ3v) is 8.41. The molecule has 4 aromatic rings. The highest BCUT2D eigenvalue weighted by molar-refractivity contribution is 7.89. The van der Waals surface area contributed by atoms with Crippen LogP contribution in [0.2, 0.25) is 0 Å². The summed E-state index contributed by atoms with van der Waals surface area (Å²) < 4.78 is 32.3. The first kappa shape index (κ1) is 22.5. The molecule has 1 fully saturated rings. The number of aromatic nitrogens is 2. The molecule has 10 heteroatoms. The van der Waals surface area contributed by atoms with Crippen molar-refractivity contribution in [2.45, 2.75) is 24.2 Å². The lowest BCUT2D eigenvalue weighted by molar-refractivity contribution is 0.102. The van der Waals surface area contributed by atoms with Crippen LogP contribution in [0.4, 0.5) is 5.69 Å². The highest BCUT2D eigenvalue weighted by Crippen LogP contribution is 2.25. The maximum Gasteiger partial charge on any atom is 0.255 e. The maximum absolute atomic E-state index is 12.9. The molecule has 0 radical (unpaired) electrons. The van der Waals surface area contributed by atoms with Gasteiger partial charge in [0.15, 0.2) is 0 Å². The summed E-state index contributed by atoms with van der Waals surface area (Å²) in [6, 6.07) is 17.3. The van der Waals surface area contributed by atoms with Gasteiger partial charge in [0.2, 0.25) is 21.7 Å². The van der Waals surface area contributed by atoms with E-state index in [0.29, 0.717) is 42.5 Å². The van der Waals surface area contributed by atoms with E-state index in [4.69, 9.17) is 4.52 Å². The molecule has 0 bridgehead atoms. The van der Waals surface area contributed by atoms with Gasteiger partial charge in [0.05, 0.1) is 16.2 Å². The Morgan fingerprint density at radius 1 is 1.03 bits per heavy atom. The number of sulfonamides is 1. The number of para-hydroxylation sites is 1. The first-order valence-corrected chi connectivity index (χ1v) is 13.2. The molecule has 8 nitrogen and oxygen atoms in total. The smallest absolute Gasteiger partial charge is 0.255 e. The summed E-state index contributed by atoms with van der Waals surface area (Å²) in [5.74, 6) is 0.652. The van der Waals surface area contributed by atoms with Crippen molar-refractivity contribution in [2.75, 3.05) is 18.4 Å². The van der Waals surface area contributed by atoms with Crippen molar-refractivity contribution in [1.29, 1.82) is 0 Å². The first-order chi connectivity index (χ1) is 16.5. The Hall–Kier alpha value is -3.34. The van der Waals surface area contributed by atoms with E-state index >= 15 is 0 Å². The van der Waals surface area contributed by atoms with Crippen LogP contribution in [-0.4, -0.2) is 41.9 Å². The number of anilines is 1. The molecule has 34 heavy (non-hydrogen) atoms. The number of nitrogens with zero attached hydrogens (tertiary/aromatic N) is 3. The quantitative estimate of drug-likeness (QED) is 0.408. The van der Waals surface area contributed by atoms with Crippen LogP contribution in [0, 0.1) is 0 Å². The number of hydrogen-bond donors (Lipinski definition) is 1. The van der Waals surface area contributed by atoms with Crippen molar-refractivity contribution >= 4 is 33.0 Å². The highest BCUT2D eigenvalue weighted by Gasteiger charge is 2.27. The molecule has 1 aliphatic rings. The molecular weight excluding hydrogens is 472 g/mol. The second kappa shape index (κ2) is 9.49. The minimum atomic E-state index is -3.52. The van der Waals surface area contributed by atoms with E-state index in [1.807, 2.05) is 35.7 Å². The number of rotatable bonds is 7. The maximum atomic E-state index is 12.9. The van der Waals surface area contributed by atoms with Crippen LogP contribution in [0.5, 0.6) is 0 Å². The zero-order valence-corrected chi connectivity index (χ0v) is 19.8. The van der Waals surface area contributed by atoms with Gasteiger partial charge in [-0.25, -0.2) is 8.42 Å². The molecule has 1 amide bonds. The van der Waals surface area contributed by atoms with Gasteiger partial charge in [0, 0.05) is 24.3 Å². The summed E-state index contributed by atoms with van der Waals surface area (Å²) in [5.41, 5.74) is 1.82. The largest absolute Gasteiger partial charge is 0.339 e. The van der Waals surface area contributed by atoms with Crippen LogP contribution in [0.1, 0.15) is 34.7 Å². The van der Waals surface area contributed by atoms with Crippen molar-refractivity contribution in [1.82, 2.24) is 14.4 Å². The zero-order chi connectivity index (χ0) is 23.5. The van der Waals surface area contributed by atoms with Gasteiger partial charge in [0.1, 0.15) is 0 Å². The fourth-order valence-corrected chi connectivity index (χ4v) is 6.01. The first-order valence-electron chi connectivity index (χ1n) is 10.9. The van der Waals surface area contributed by atoms with Crippen LogP contribution < -0.4 is 5.32 Å². The molecule has 3 heterocycles. The molecular formula is C24H22N4O4S2. The number of carbonyl (C=O) groups is 1. The topological polar surface area (TPSA) is 105 Å². The summed E-state index contributed by atoms with van der Waals surface area (Å²) in [4.78, 5) is 18.4. The van der Waals surface area contributed by atoms with Gasteiger partial charge in [-0.05, 0) is 60.2 Å². The van der Waals surface area contributed by atoms with E-state index in [1.54, 1.807) is 6.07 Å². The van der Waals surface area contributed by atoms with Crippen LogP contribution in [0.25, 0.3) is 10.7 Å². The van der Waals surface area contributed by atoms with Crippen LogP contribution >= 0.6 is 11.3 Å². The normalized spacial score (nSPS) is 14.4. The van der Waals surface area contributed by atoms with Crippen LogP contribution in [0.3, 0.4) is 0 Å². The molecule has 2 aromatic heterocycles. The molecule has 0 atom stereocenters. The van der Waals surface area contributed by atoms with Gasteiger partial charge in [-0.2, -0.15) is 9.29 Å². The molecule has 1 aliphatic heterocycles. The predicted octanol–water partition coefficient (Wildman–Crippen LogP) is 4.43. The summed E-state index contributed by atoms with van der Waals surface area (Å²) in [6.07, 6.45) is 2.11. The molecule has 0 unspecified atom stereocenters. The van der Waals surface area contributed by atoms with Gasteiger partial charge >= 0.3 is 0 Å². The van der Waals surface area contributed by atoms with Crippen molar-refractivity contribution in [3.05, 3.63) is 83.1 Å². The van der Waals surface area contributed by atoms with Gasteiger partial charge in [0.25, 0.3) is 5.91 Å². The fourth-order valence-electron chi connectivity index (χ4n) is 3.84. The molecule has 0 saturated carbocycles. The molecule has 174 valence electrons. The van der Waals surface area contributed by atoms with Gasteiger partial charge in [-0.1, -0.05) is 29.4 Å². The molecule has 1 saturated heterocycles. The number of nitrogens with one attached hydrogen (secondary N) is 1. The monoisotopic (exact) mass is 494 g/mol. The lowest BCUT2D eigenvalue weighted by atomic mass is 10.1. The second-order valence-corrected chi connectivity index (χ2v) is 10.8. The van der Waals surface area contributed by atoms with E-state index in [1.165, 1.54) is 39.9 Å². The van der Waals surface area contributed by atoms with Gasteiger partial charge in [-0.15, -0.1) is 11.3 Å². The minimum absolute atomic E-state index is 0.198. The van der Waals surface area contributed by atoms with Gasteiger partial charge in [-0.3, -0.25) is 4.79 Å². The minimum Gasteiger partial charge on any atom is -0.339 e. The van der Waals surface area contributed by atoms with Crippen LogP contribution in [-0.2, 0) is 16.4 Å². The number of hydrogen-bond acceptors (Lipinski definition) is 7. The Bertz CT molecular complexity index is 1390.